The molecule has 0 bridgehead atoms. The van der Waals surface area contributed by atoms with Gasteiger partial charge in [-0.05, 0) is 32.5 Å². The minimum Gasteiger partial charge on any atom is -0.454 e. The van der Waals surface area contributed by atoms with Gasteiger partial charge in [0, 0.05) is 5.56 Å². The molecule has 0 aliphatic heterocycles. The predicted octanol–water partition coefficient (Wildman–Crippen LogP) is 1.42. The Bertz CT molecular complexity index is 374. The summed E-state index contributed by atoms with van der Waals surface area (Å²) in [5.74, 6) is 5.81. The lowest BCUT2D eigenvalue weighted by Crippen LogP contribution is -2.30. The van der Waals surface area contributed by atoms with Gasteiger partial charge in [0.15, 0.2) is 5.76 Å². The Balaban J connectivity index is 2.75. The van der Waals surface area contributed by atoms with Gasteiger partial charge in [-0.15, -0.1) is 0 Å². The zero-order valence-electron chi connectivity index (χ0n) is 10.7. The molecule has 0 spiro atoms. The number of hydrogen-bond donors (Lipinski definition) is 2. The number of nitrogen functional groups attached to an aromatic ring is 1. The van der Waals surface area contributed by atoms with Crippen LogP contribution in [0.25, 0.3) is 0 Å². The van der Waals surface area contributed by atoms with Gasteiger partial charge in [-0.25, -0.2) is 5.84 Å². The van der Waals surface area contributed by atoms with Crippen molar-refractivity contribution in [1.29, 1.82) is 0 Å². The molecule has 0 fully saturated rings. The zero-order valence-corrected chi connectivity index (χ0v) is 10.7. The molecule has 0 unspecified atom stereocenters. The van der Waals surface area contributed by atoms with Crippen molar-refractivity contribution in [1.82, 2.24) is 10.3 Å². The molecule has 1 rings (SSSR count). The molecule has 3 N–H and O–H groups in total. The van der Waals surface area contributed by atoms with Crippen LogP contribution in [0.3, 0.4) is 0 Å². The Kier molecular flexibility index (Phi) is 5.18. The van der Waals surface area contributed by atoms with Crippen molar-refractivity contribution < 1.29 is 9.21 Å². The van der Waals surface area contributed by atoms with Crippen molar-refractivity contribution in [3.63, 3.8) is 0 Å². The number of hydrogen-bond acceptors (Lipinski definition) is 4. The second-order valence-corrected chi connectivity index (χ2v) is 4.07. The highest BCUT2D eigenvalue weighted by molar-refractivity contribution is 5.92. The van der Waals surface area contributed by atoms with E-state index >= 15 is 0 Å². The van der Waals surface area contributed by atoms with Gasteiger partial charge in [0.2, 0.25) is 0 Å². The first-order valence-corrected chi connectivity index (χ1v) is 5.94. The van der Waals surface area contributed by atoms with Crippen LogP contribution >= 0.6 is 0 Å². The van der Waals surface area contributed by atoms with Crippen LogP contribution in [0, 0.1) is 6.92 Å². The van der Waals surface area contributed by atoms with E-state index < -0.39 is 0 Å². The Labute approximate surface area is 102 Å². The van der Waals surface area contributed by atoms with Gasteiger partial charge in [-0.1, -0.05) is 13.8 Å². The van der Waals surface area contributed by atoms with Crippen molar-refractivity contribution in [2.24, 2.45) is 5.84 Å². The zero-order chi connectivity index (χ0) is 12.8. The molecule has 17 heavy (non-hydrogen) atoms. The van der Waals surface area contributed by atoms with Gasteiger partial charge in [-0.2, -0.15) is 0 Å². The van der Waals surface area contributed by atoms with E-state index in [1.165, 1.54) is 0 Å². The van der Waals surface area contributed by atoms with Crippen LogP contribution in [-0.4, -0.2) is 23.9 Å². The molecule has 0 saturated heterocycles. The second kappa shape index (κ2) is 6.42. The van der Waals surface area contributed by atoms with Crippen molar-refractivity contribution >= 4 is 5.91 Å². The molecular weight excluding hydrogens is 218 g/mol. The number of carbonyl (C=O) groups excluding carboxylic acids is 1. The summed E-state index contributed by atoms with van der Waals surface area (Å²) in [6.45, 7) is 8.81. The van der Waals surface area contributed by atoms with E-state index in [0.717, 1.165) is 37.4 Å². The van der Waals surface area contributed by atoms with Crippen LogP contribution in [0.5, 0.6) is 0 Å². The number of amides is 1. The summed E-state index contributed by atoms with van der Waals surface area (Å²) in [7, 11) is 0. The Morgan fingerprint density at radius 2 is 2.24 bits per heavy atom. The fourth-order valence-corrected chi connectivity index (χ4v) is 1.80. The molecule has 0 atom stereocenters. The first kappa shape index (κ1) is 13.7. The first-order chi connectivity index (χ1) is 8.12. The third-order valence-corrected chi connectivity index (χ3v) is 2.67. The molecule has 96 valence electrons. The summed E-state index contributed by atoms with van der Waals surface area (Å²) < 4.78 is 5.51. The summed E-state index contributed by atoms with van der Waals surface area (Å²) >= 11 is 0. The molecule has 0 aliphatic carbocycles. The summed E-state index contributed by atoms with van der Waals surface area (Å²) in [5.41, 5.74) is 2.90. The standard InChI is InChI=1S/C12H21N3O2/c1-4-6-15(5-2)8-10-7-9(3)11(17-10)12(16)14-13/h7H,4-6,8,13H2,1-3H3,(H,14,16). The molecule has 1 heterocycles. The van der Waals surface area contributed by atoms with Crippen LogP contribution in [0.2, 0.25) is 0 Å². The monoisotopic (exact) mass is 239 g/mol. The van der Waals surface area contributed by atoms with E-state index in [4.69, 9.17) is 10.3 Å². The minimum atomic E-state index is -0.382. The second-order valence-electron chi connectivity index (χ2n) is 4.07. The molecule has 5 heteroatoms. The third kappa shape index (κ3) is 3.57. The van der Waals surface area contributed by atoms with Crippen LogP contribution in [0.4, 0.5) is 0 Å². The van der Waals surface area contributed by atoms with E-state index in [1.807, 2.05) is 13.0 Å². The maximum absolute atomic E-state index is 11.4. The average molecular weight is 239 g/mol. The fourth-order valence-electron chi connectivity index (χ4n) is 1.80. The first-order valence-electron chi connectivity index (χ1n) is 5.94. The lowest BCUT2D eigenvalue weighted by atomic mass is 10.2. The van der Waals surface area contributed by atoms with E-state index in [0.29, 0.717) is 5.76 Å². The average Bonchev–Trinajstić information content (AvgIpc) is 2.68. The van der Waals surface area contributed by atoms with Crippen LogP contribution in [-0.2, 0) is 6.54 Å². The molecular formula is C12H21N3O2. The van der Waals surface area contributed by atoms with Gasteiger partial charge < -0.3 is 4.42 Å². The lowest BCUT2D eigenvalue weighted by molar-refractivity contribution is 0.0921. The molecule has 1 aromatic heterocycles. The van der Waals surface area contributed by atoms with Gasteiger partial charge >= 0.3 is 5.91 Å². The minimum absolute atomic E-state index is 0.301. The largest absolute Gasteiger partial charge is 0.454 e. The molecule has 0 radical (unpaired) electrons. The van der Waals surface area contributed by atoms with Gasteiger partial charge in [0.05, 0.1) is 6.54 Å². The molecule has 1 amide bonds. The number of nitrogens with one attached hydrogen (secondary N) is 1. The van der Waals surface area contributed by atoms with Gasteiger partial charge in [-0.3, -0.25) is 15.1 Å². The molecule has 0 aliphatic rings. The van der Waals surface area contributed by atoms with Gasteiger partial charge in [0.25, 0.3) is 0 Å². The SMILES string of the molecule is CCCN(CC)Cc1cc(C)c(C(=O)NN)o1. The van der Waals surface area contributed by atoms with E-state index in [-0.39, 0.29) is 5.91 Å². The molecule has 0 saturated carbocycles. The molecule has 5 nitrogen and oxygen atoms in total. The maximum Gasteiger partial charge on any atom is 0.301 e. The van der Waals surface area contributed by atoms with Crippen LogP contribution in [0.15, 0.2) is 10.5 Å². The molecule has 0 aromatic carbocycles. The molecule has 1 aromatic rings. The summed E-state index contributed by atoms with van der Waals surface area (Å²) in [6.07, 6.45) is 1.10. The highest BCUT2D eigenvalue weighted by Crippen LogP contribution is 2.16. The number of rotatable bonds is 6. The van der Waals surface area contributed by atoms with E-state index in [1.54, 1.807) is 0 Å². The number of nitrogens with zero attached hydrogens (tertiary/aromatic N) is 1. The van der Waals surface area contributed by atoms with E-state index in [9.17, 15) is 4.79 Å². The maximum atomic E-state index is 11.4. The van der Waals surface area contributed by atoms with Crippen molar-refractivity contribution in [2.45, 2.75) is 33.7 Å². The Morgan fingerprint density at radius 1 is 1.53 bits per heavy atom. The quantitative estimate of drug-likeness (QED) is 0.447. The normalized spacial score (nSPS) is 10.9. The summed E-state index contributed by atoms with van der Waals surface area (Å²) in [4.78, 5) is 13.7. The van der Waals surface area contributed by atoms with Crippen LogP contribution < -0.4 is 11.3 Å². The summed E-state index contributed by atoms with van der Waals surface area (Å²) in [6, 6.07) is 1.89. The van der Waals surface area contributed by atoms with Crippen LogP contribution in [0.1, 0.15) is 42.1 Å². The number of furan rings is 1. The Hall–Kier alpha value is -1.33. The summed E-state index contributed by atoms with van der Waals surface area (Å²) in [5, 5.41) is 0. The van der Waals surface area contributed by atoms with Crippen molar-refractivity contribution in [2.75, 3.05) is 13.1 Å². The van der Waals surface area contributed by atoms with Crippen molar-refractivity contribution in [3.05, 3.63) is 23.2 Å². The van der Waals surface area contributed by atoms with Crippen molar-refractivity contribution in [3.8, 4) is 0 Å². The lowest BCUT2D eigenvalue weighted by Gasteiger charge is -2.17. The number of aryl methyl sites for hydroxylation is 1. The third-order valence-electron chi connectivity index (χ3n) is 2.67. The van der Waals surface area contributed by atoms with E-state index in [2.05, 4.69) is 24.2 Å². The topological polar surface area (TPSA) is 71.5 Å². The predicted molar refractivity (Wildman–Crippen MR) is 66.3 cm³/mol. The highest BCUT2D eigenvalue weighted by atomic mass is 16.4. The highest BCUT2D eigenvalue weighted by Gasteiger charge is 2.15. The fraction of sp³-hybridized carbons (Fsp3) is 0.583. The number of nitrogens with two attached hydrogens (primary N) is 1. The van der Waals surface area contributed by atoms with Gasteiger partial charge in [0.1, 0.15) is 5.76 Å². The smallest absolute Gasteiger partial charge is 0.301 e. The number of hydrazine groups is 1. The number of carbonyl (C=O) groups is 1. The Morgan fingerprint density at radius 3 is 2.76 bits per heavy atom.